The zero-order chi connectivity index (χ0) is 24.8. The summed E-state index contributed by atoms with van der Waals surface area (Å²) in [6, 6.07) is 10.6. The molecule has 1 aromatic carbocycles. The van der Waals surface area contributed by atoms with Crippen molar-refractivity contribution < 1.29 is 14.0 Å². The summed E-state index contributed by atoms with van der Waals surface area (Å²) in [5.74, 6) is -0.857. The van der Waals surface area contributed by atoms with Crippen molar-refractivity contribution in [3.63, 3.8) is 0 Å². The summed E-state index contributed by atoms with van der Waals surface area (Å²) in [5.41, 5.74) is 6.41. The Labute approximate surface area is 201 Å². The lowest BCUT2D eigenvalue weighted by atomic mass is 10.0. The minimum atomic E-state index is -0.630. The third kappa shape index (κ3) is 5.78. The fourth-order valence-corrected chi connectivity index (χ4v) is 3.86. The van der Waals surface area contributed by atoms with E-state index < -0.39 is 11.7 Å². The van der Waals surface area contributed by atoms with Gasteiger partial charge in [0.2, 0.25) is 11.9 Å². The second-order valence-corrected chi connectivity index (χ2v) is 8.06. The Balaban J connectivity index is 1.40. The predicted molar refractivity (Wildman–Crippen MR) is 127 cm³/mol. The third-order valence-corrected chi connectivity index (χ3v) is 5.64. The Morgan fingerprint density at radius 3 is 2.60 bits per heavy atom. The van der Waals surface area contributed by atoms with E-state index >= 15 is 0 Å². The maximum absolute atomic E-state index is 14.4. The van der Waals surface area contributed by atoms with Gasteiger partial charge in [0.15, 0.2) is 5.82 Å². The van der Waals surface area contributed by atoms with Crippen molar-refractivity contribution in [2.75, 3.05) is 31.1 Å². The molecule has 0 spiro atoms. The number of nitrogens with zero attached hydrogens (tertiary/aromatic N) is 6. The van der Waals surface area contributed by atoms with Crippen LogP contribution in [0.15, 0.2) is 48.8 Å². The van der Waals surface area contributed by atoms with Crippen LogP contribution in [0.1, 0.15) is 18.0 Å². The molecule has 35 heavy (non-hydrogen) atoms. The summed E-state index contributed by atoms with van der Waals surface area (Å²) in [7, 11) is 0. The number of carbonyl (C=O) groups excluding carboxylic acids is 2. The Morgan fingerprint density at radius 1 is 1.17 bits per heavy atom. The molecule has 1 atom stereocenters. The second-order valence-electron chi connectivity index (χ2n) is 8.06. The Bertz CT molecular complexity index is 1190. The van der Waals surface area contributed by atoms with Crippen molar-refractivity contribution in [2.24, 2.45) is 5.73 Å². The van der Waals surface area contributed by atoms with Gasteiger partial charge in [0.05, 0.1) is 12.2 Å². The van der Waals surface area contributed by atoms with Gasteiger partial charge in [-0.05, 0) is 17.8 Å². The summed E-state index contributed by atoms with van der Waals surface area (Å²) in [6.45, 7) is 1.68. The largest absolute Gasteiger partial charge is 0.368 e. The van der Waals surface area contributed by atoms with Crippen LogP contribution in [0.2, 0.25) is 0 Å². The van der Waals surface area contributed by atoms with Crippen LogP contribution in [0.5, 0.6) is 0 Å². The molecule has 1 fully saturated rings. The van der Waals surface area contributed by atoms with E-state index in [4.69, 9.17) is 11.1 Å². The van der Waals surface area contributed by atoms with Crippen LogP contribution in [-0.2, 0) is 11.3 Å². The van der Waals surface area contributed by atoms with Gasteiger partial charge < -0.3 is 26.3 Å². The van der Waals surface area contributed by atoms with Crippen molar-refractivity contribution in [3.8, 4) is 11.4 Å². The number of aromatic nitrogens is 4. The summed E-state index contributed by atoms with van der Waals surface area (Å²) in [4.78, 5) is 36.0. The molecule has 0 aliphatic carbocycles. The molecule has 4 rings (SSSR count). The molecule has 4 N–H and O–H groups in total. The molecule has 2 aromatic heterocycles. The monoisotopic (exact) mass is 479 g/mol. The molecule has 1 unspecified atom stereocenters. The Hall–Kier alpha value is -4.35. The number of amides is 3. The quantitative estimate of drug-likeness (QED) is 0.418. The first-order valence-corrected chi connectivity index (χ1v) is 11.1. The van der Waals surface area contributed by atoms with Crippen LogP contribution in [0.25, 0.3) is 11.4 Å². The van der Waals surface area contributed by atoms with Gasteiger partial charge in [-0.15, -0.1) is 0 Å². The highest BCUT2D eigenvalue weighted by molar-refractivity contribution is 5.76. The fourth-order valence-electron chi connectivity index (χ4n) is 3.86. The van der Waals surface area contributed by atoms with Gasteiger partial charge in [-0.2, -0.15) is 5.10 Å². The van der Waals surface area contributed by atoms with Crippen LogP contribution in [0.4, 0.5) is 15.1 Å². The minimum absolute atomic E-state index is 0.0238. The number of hydrogen-bond acceptors (Lipinski definition) is 7. The fraction of sp³-hybridized carbons (Fsp3) is 0.304. The zero-order valence-electron chi connectivity index (χ0n) is 19.0. The zero-order valence-corrected chi connectivity index (χ0v) is 19.0. The SMILES string of the molecule is N=CCC(NC(=O)N1CCN(c2ncc(F)c(-c3ccn(CC(N)=O)n3)n2)CC1)c1ccccc1. The first-order valence-electron chi connectivity index (χ1n) is 11.1. The van der Waals surface area contributed by atoms with Crippen molar-refractivity contribution in [2.45, 2.75) is 19.0 Å². The van der Waals surface area contributed by atoms with Gasteiger partial charge in [-0.25, -0.2) is 19.2 Å². The molecule has 0 saturated carbocycles. The maximum atomic E-state index is 14.4. The summed E-state index contributed by atoms with van der Waals surface area (Å²) < 4.78 is 15.7. The topological polar surface area (TPSA) is 146 Å². The molecular formula is C23H26FN9O2. The highest BCUT2D eigenvalue weighted by atomic mass is 19.1. The normalized spacial score (nSPS) is 14.4. The highest BCUT2D eigenvalue weighted by Crippen LogP contribution is 2.22. The van der Waals surface area contributed by atoms with Gasteiger partial charge in [-0.1, -0.05) is 30.3 Å². The number of halogens is 1. The first-order chi connectivity index (χ1) is 16.9. The molecule has 1 aliphatic rings. The van der Waals surface area contributed by atoms with Gasteiger partial charge in [0.1, 0.15) is 17.9 Å². The summed E-state index contributed by atoms with van der Waals surface area (Å²) >= 11 is 0. The standard InChI is InChI=1S/C23H26FN9O2/c24-17-14-27-22(29-21(17)19-7-9-33(30-19)15-20(26)34)31-10-12-32(13-11-31)23(35)28-18(6-8-25)16-4-2-1-3-5-16/h1-5,7-9,14,18,25H,6,10-13,15H2,(H2,26,34)(H,28,35). The number of hydrogen-bond donors (Lipinski definition) is 3. The van der Waals surface area contributed by atoms with E-state index in [1.165, 1.54) is 17.1 Å². The van der Waals surface area contributed by atoms with Gasteiger partial charge in [-0.3, -0.25) is 9.48 Å². The highest BCUT2D eigenvalue weighted by Gasteiger charge is 2.25. The van der Waals surface area contributed by atoms with E-state index in [1.54, 1.807) is 11.0 Å². The second kappa shape index (κ2) is 10.7. The van der Waals surface area contributed by atoms with Crippen molar-refractivity contribution in [1.82, 2.24) is 30.0 Å². The number of nitrogens with one attached hydrogen (secondary N) is 2. The van der Waals surface area contributed by atoms with Gasteiger partial charge in [0.25, 0.3) is 0 Å². The number of carbonyl (C=O) groups is 2. The van der Waals surface area contributed by atoms with E-state index in [0.29, 0.717) is 38.5 Å². The predicted octanol–water partition coefficient (Wildman–Crippen LogP) is 1.58. The van der Waals surface area contributed by atoms with Crippen molar-refractivity contribution in [3.05, 3.63) is 60.2 Å². The van der Waals surface area contributed by atoms with Crippen LogP contribution >= 0.6 is 0 Å². The van der Waals surface area contributed by atoms with Crippen LogP contribution in [0.3, 0.4) is 0 Å². The Kier molecular flexibility index (Phi) is 7.29. The summed E-state index contributed by atoms with van der Waals surface area (Å²) in [5, 5.41) is 14.6. The molecule has 3 heterocycles. The number of nitrogens with two attached hydrogens (primary N) is 1. The number of urea groups is 1. The lowest BCUT2D eigenvalue weighted by Crippen LogP contribution is -2.52. The van der Waals surface area contributed by atoms with Crippen LogP contribution in [-0.4, -0.2) is 69.0 Å². The average molecular weight is 480 g/mol. The number of rotatable bonds is 8. The smallest absolute Gasteiger partial charge is 0.318 e. The number of benzene rings is 1. The van der Waals surface area contributed by atoms with E-state index in [-0.39, 0.29) is 30.0 Å². The van der Waals surface area contributed by atoms with Crippen LogP contribution in [0, 0.1) is 11.2 Å². The number of piperazine rings is 1. The molecule has 3 amide bonds. The molecule has 3 aromatic rings. The third-order valence-electron chi connectivity index (χ3n) is 5.64. The van der Waals surface area contributed by atoms with Crippen molar-refractivity contribution >= 4 is 24.1 Å². The molecule has 12 heteroatoms. The van der Waals surface area contributed by atoms with E-state index in [2.05, 4.69) is 20.4 Å². The van der Waals surface area contributed by atoms with Crippen LogP contribution < -0.4 is 16.0 Å². The number of primary amides is 1. The van der Waals surface area contributed by atoms with E-state index in [9.17, 15) is 14.0 Å². The lowest BCUT2D eigenvalue weighted by Gasteiger charge is -2.35. The van der Waals surface area contributed by atoms with Gasteiger partial charge in [0, 0.05) is 38.8 Å². The molecule has 1 saturated heterocycles. The molecule has 0 bridgehead atoms. The molecule has 0 radical (unpaired) electrons. The molecule has 1 aliphatic heterocycles. The number of anilines is 1. The van der Waals surface area contributed by atoms with Gasteiger partial charge >= 0.3 is 6.03 Å². The maximum Gasteiger partial charge on any atom is 0.318 e. The first kappa shape index (κ1) is 23.8. The van der Waals surface area contributed by atoms with E-state index in [0.717, 1.165) is 11.8 Å². The molecule has 11 nitrogen and oxygen atoms in total. The van der Waals surface area contributed by atoms with E-state index in [1.807, 2.05) is 35.2 Å². The molecular weight excluding hydrogens is 453 g/mol. The lowest BCUT2D eigenvalue weighted by molar-refractivity contribution is -0.118. The minimum Gasteiger partial charge on any atom is -0.368 e. The summed E-state index contributed by atoms with van der Waals surface area (Å²) in [6.07, 6.45) is 4.30. The van der Waals surface area contributed by atoms with Crippen molar-refractivity contribution in [1.29, 1.82) is 5.41 Å². The Morgan fingerprint density at radius 2 is 1.91 bits per heavy atom. The average Bonchev–Trinajstić information content (AvgIpc) is 3.32. The molecule has 182 valence electrons.